The second kappa shape index (κ2) is 14.2. The fraction of sp³-hybridized carbons (Fsp3) is 0.783. The fourth-order valence-electron chi connectivity index (χ4n) is 3.64. The number of carboxylic acid groups (broad SMARTS) is 2. The highest BCUT2D eigenvalue weighted by Gasteiger charge is 2.35. The Bertz CT molecular complexity index is 585. The van der Waals surface area contributed by atoms with Gasteiger partial charge in [-0.05, 0) is 37.5 Å². The molecule has 0 aromatic rings. The summed E-state index contributed by atoms with van der Waals surface area (Å²) in [4.78, 5) is 34.5. The van der Waals surface area contributed by atoms with Gasteiger partial charge in [-0.1, -0.05) is 39.3 Å². The lowest BCUT2D eigenvalue weighted by molar-refractivity contribution is -0.139. The molecule has 1 amide bonds. The quantitative estimate of drug-likeness (QED) is 0.279. The van der Waals surface area contributed by atoms with Gasteiger partial charge >= 0.3 is 11.9 Å². The Morgan fingerprint density at radius 1 is 1.10 bits per heavy atom. The maximum atomic E-state index is 13.2. The lowest BCUT2D eigenvalue weighted by Gasteiger charge is -2.34. The zero-order chi connectivity index (χ0) is 23.3. The first-order valence-corrected chi connectivity index (χ1v) is 11.2. The van der Waals surface area contributed by atoms with Crippen molar-refractivity contribution in [2.24, 2.45) is 17.3 Å². The lowest BCUT2D eigenvalue weighted by Crippen LogP contribution is -2.48. The van der Waals surface area contributed by atoms with E-state index >= 15 is 0 Å². The first-order chi connectivity index (χ1) is 14.7. The molecule has 8 nitrogen and oxygen atoms in total. The second-order valence-electron chi connectivity index (χ2n) is 8.72. The smallest absolute Gasteiger partial charge is 0.305 e. The Balaban J connectivity index is 2.70. The average molecular weight is 442 g/mol. The van der Waals surface area contributed by atoms with Gasteiger partial charge in [0.2, 0.25) is 5.91 Å². The number of rotatable bonds is 14. The molecule has 0 fully saturated rings. The molecule has 0 saturated heterocycles. The topological polar surface area (TPSA) is 122 Å². The number of amides is 1. The summed E-state index contributed by atoms with van der Waals surface area (Å²) in [5.41, 5.74) is -0.517. The van der Waals surface area contributed by atoms with Crippen molar-refractivity contribution in [1.29, 1.82) is 0 Å². The van der Waals surface area contributed by atoms with Gasteiger partial charge in [0.1, 0.15) is 0 Å². The maximum Gasteiger partial charge on any atom is 0.305 e. The molecule has 0 radical (unpaired) electrons. The molecule has 3 N–H and O–H groups in total. The van der Waals surface area contributed by atoms with Gasteiger partial charge in [-0.25, -0.2) is 0 Å². The van der Waals surface area contributed by atoms with E-state index in [2.05, 4.69) is 31.3 Å². The van der Waals surface area contributed by atoms with Gasteiger partial charge in [0.25, 0.3) is 0 Å². The van der Waals surface area contributed by atoms with E-state index < -0.39 is 23.4 Å². The Kier molecular flexibility index (Phi) is 12.4. The highest BCUT2D eigenvalue weighted by molar-refractivity contribution is 5.82. The Morgan fingerprint density at radius 2 is 1.68 bits per heavy atom. The Labute approximate surface area is 185 Å². The van der Waals surface area contributed by atoms with Crippen molar-refractivity contribution < 1.29 is 34.1 Å². The van der Waals surface area contributed by atoms with Crippen molar-refractivity contribution >= 4 is 17.8 Å². The van der Waals surface area contributed by atoms with Crippen LogP contribution in [0.4, 0.5) is 0 Å². The van der Waals surface area contributed by atoms with Crippen LogP contribution in [0.5, 0.6) is 0 Å². The summed E-state index contributed by atoms with van der Waals surface area (Å²) in [7, 11) is 0. The minimum Gasteiger partial charge on any atom is -0.481 e. The normalized spacial score (nSPS) is 23.5. The van der Waals surface area contributed by atoms with E-state index in [1.807, 2.05) is 6.92 Å². The molecule has 31 heavy (non-hydrogen) atoms. The Morgan fingerprint density at radius 3 is 2.19 bits per heavy atom. The van der Waals surface area contributed by atoms with E-state index in [0.717, 1.165) is 32.1 Å². The van der Waals surface area contributed by atoms with Crippen LogP contribution in [0.3, 0.4) is 0 Å². The van der Waals surface area contributed by atoms with E-state index in [-0.39, 0.29) is 45.2 Å². The number of nitrogens with one attached hydrogen (secondary N) is 1. The third-order valence-electron chi connectivity index (χ3n) is 6.09. The van der Waals surface area contributed by atoms with Crippen LogP contribution in [0.2, 0.25) is 0 Å². The average Bonchev–Trinajstić information content (AvgIpc) is 2.70. The van der Waals surface area contributed by atoms with Crippen LogP contribution in [0.25, 0.3) is 0 Å². The SMILES string of the molecule is CCC(C)C1/C=C/CCC(C)(C(=O)NC(COCCC(=O)O)COCCC(=O)O)CC1. The number of carboxylic acids is 2. The molecular formula is C23H39NO7. The predicted octanol–water partition coefficient (Wildman–Crippen LogP) is 3.25. The molecule has 1 rings (SSSR count). The molecule has 178 valence electrons. The van der Waals surface area contributed by atoms with Gasteiger partial charge in [0, 0.05) is 5.41 Å². The van der Waals surface area contributed by atoms with Crippen LogP contribution < -0.4 is 5.32 Å². The fourth-order valence-corrected chi connectivity index (χ4v) is 3.64. The number of carbonyl (C=O) groups is 3. The summed E-state index contributed by atoms with van der Waals surface area (Å²) in [6.07, 6.45) is 8.64. The lowest BCUT2D eigenvalue weighted by atomic mass is 9.74. The molecule has 0 aromatic carbocycles. The summed E-state index contributed by atoms with van der Waals surface area (Å²) >= 11 is 0. The van der Waals surface area contributed by atoms with E-state index in [4.69, 9.17) is 19.7 Å². The number of carbonyl (C=O) groups excluding carboxylic acids is 1. The molecule has 0 saturated carbocycles. The summed E-state index contributed by atoms with van der Waals surface area (Å²) in [6, 6.07) is -0.474. The molecule has 0 aromatic heterocycles. The number of ether oxygens (including phenoxy) is 2. The van der Waals surface area contributed by atoms with Gasteiger partial charge in [0.15, 0.2) is 0 Å². The van der Waals surface area contributed by atoms with Gasteiger partial charge < -0.3 is 25.0 Å². The minimum absolute atomic E-state index is 0.0372. The molecule has 8 heteroatoms. The van der Waals surface area contributed by atoms with Crippen molar-refractivity contribution in [3.8, 4) is 0 Å². The summed E-state index contributed by atoms with van der Waals surface area (Å²) in [5, 5.41) is 20.5. The first kappa shape index (κ1) is 27.1. The molecule has 0 heterocycles. The van der Waals surface area contributed by atoms with Crippen LogP contribution in [-0.2, 0) is 23.9 Å². The molecule has 0 aliphatic heterocycles. The van der Waals surface area contributed by atoms with E-state index in [9.17, 15) is 14.4 Å². The standard InChI is InChI=1S/C23H39NO7/c1-4-17(2)18-7-5-6-11-23(3,12-8-18)22(29)24-19(15-30-13-9-20(25)26)16-31-14-10-21(27)28/h5,7,17-19H,4,6,8-16H2,1-3H3,(H,24,29)(H,25,26)(H,27,28)/b7-5+. The zero-order valence-corrected chi connectivity index (χ0v) is 19.1. The van der Waals surface area contributed by atoms with Crippen molar-refractivity contribution in [2.75, 3.05) is 26.4 Å². The van der Waals surface area contributed by atoms with Gasteiger partial charge in [-0.2, -0.15) is 0 Å². The van der Waals surface area contributed by atoms with E-state index in [1.54, 1.807) is 0 Å². The number of hydrogen-bond donors (Lipinski definition) is 3. The minimum atomic E-state index is -0.954. The molecule has 0 bridgehead atoms. The van der Waals surface area contributed by atoms with Crippen LogP contribution in [0.1, 0.15) is 65.7 Å². The maximum absolute atomic E-state index is 13.2. The van der Waals surface area contributed by atoms with Crippen molar-refractivity contribution in [3.63, 3.8) is 0 Å². The predicted molar refractivity (Wildman–Crippen MR) is 117 cm³/mol. The zero-order valence-electron chi connectivity index (χ0n) is 19.1. The highest BCUT2D eigenvalue weighted by Crippen LogP contribution is 2.36. The van der Waals surface area contributed by atoms with Crippen molar-refractivity contribution in [2.45, 2.75) is 71.8 Å². The molecule has 3 unspecified atom stereocenters. The van der Waals surface area contributed by atoms with Gasteiger partial charge in [-0.15, -0.1) is 0 Å². The van der Waals surface area contributed by atoms with Crippen LogP contribution >= 0.6 is 0 Å². The summed E-state index contributed by atoms with van der Waals surface area (Å²) in [6.45, 7) is 6.71. The van der Waals surface area contributed by atoms with Gasteiger partial charge in [-0.3, -0.25) is 14.4 Å². The largest absolute Gasteiger partial charge is 0.481 e. The third kappa shape index (κ3) is 10.8. The number of hydrogen-bond acceptors (Lipinski definition) is 5. The van der Waals surface area contributed by atoms with Crippen molar-refractivity contribution in [1.82, 2.24) is 5.32 Å². The van der Waals surface area contributed by atoms with Crippen LogP contribution in [0, 0.1) is 17.3 Å². The van der Waals surface area contributed by atoms with Crippen LogP contribution in [0.15, 0.2) is 12.2 Å². The Hall–Kier alpha value is -1.93. The van der Waals surface area contributed by atoms with Crippen LogP contribution in [-0.4, -0.2) is 60.5 Å². The summed E-state index contributed by atoms with van der Waals surface area (Å²) < 4.78 is 10.8. The van der Waals surface area contributed by atoms with E-state index in [0.29, 0.717) is 11.8 Å². The molecular weight excluding hydrogens is 402 g/mol. The van der Waals surface area contributed by atoms with E-state index in [1.165, 1.54) is 0 Å². The highest BCUT2D eigenvalue weighted by atomic mass is 16.5. The first-order valence-electron chi connectivity index (χ1n) is 11.2. The third-order valence-corrected chi connectivity index (χ3v) is 6.09. The molecule has 0 spiro atoms. The van der Waals surface area contributed by atoms with Crippen molar-refractivity contribution in [3.05, 3.63) is 12.2 Å². The summed E-state index contributed by atoms with van der Waals surface area (Å²) in [5.74, 6) is -0.945. The monoisotopic (exact) mass is 441 g/mol. The number of allylic oxidation sites excluding steroid dienone is 2. The molecule has 3 atom stereocenters. The van der Waals surface area contributed by atoms with Gasteiger partial charge in [0.05, 0.1) is 45.3 Å². The molecule has 1 aliphatic carbocycles. The second-order valence-corrected chi connectivity index (χ2v) is 8.72. The number of aliphatic carboxylic acids is 2. The molecule has 1 aliphatic rings.